The first-order valence-corrected chi connectivity index (χ1v) is 7.61. The Morgan fingerprint density at radius 3 is 2.80 bits per heavy atom. The van der Waals surface area contributed by atoms with Gasteiger partial charge >= 0.3 is 0 Å². The summed E-state index contributed by atoms with van der Waals surface area (Å²) in [5, 5.41) is 0. The lowest BCUT2D eigenvalue weighted by Gasteiger charge is -2.31. The molecule has 0 unspecified atom stereocenters. The molecule has 20 heavy (non-hydrogen) atoms. The Bertz CT molecular complexity index is 418. The minimum Gasteiger partial charge on any atom is -0.378 e. The van der Waals surface area contributed by atoms with E-state index in [9.17, 15) is 4.79 Å². The average Bonchev–Trinajstić information content (AvgIpc) is 2.53. The van der Waals surface area contributed by atoms with Gasteiger partial charge in [0, 0.05) is 26.1 Å². The van der Waals surface area contributed by atoms with Crippen LogP contribution in [0.25, 0.3) is 0 Å². The lowest BCUT2D eigenvalue weighted by atomic mass is 9.93. The second-order valence-corrected chi connectivity index (χ2v) is 5.62. The summed E-state index contributed by atoms with van der Waals surface area (Å²) >= 11 is 0. The fraction of sp³-hybridized carbons (Fsp3) is 0.588. The van der Waals surface area contributed by atoms with Gasteiger partial charge in [0.2, 0.25) is 5.91 Å². The highest BCUT2D eigenvalue weighted by molar-refractivity contribution is 5.78. The molecule has 2 rings (SSSR count). The second kappa shape index (κ2) is 7.44. The zero-order valence-corrected chi connectivity index (χ0v) is 12.5. The van der Waals surface area contributed by atoms with Crippen molar-refractivity contribution in [1.82, 2.24) is 4.90 Å². The van der Waals surface area contributed by atoms with Gasteiger partial charge in [-0.25, -0.2) is 0 Å². The molecule has 1 aliphatic rings. The smallest absolute Gasteiger partial charge is 0.225 e. The molecule has 1 aliphatic heterocycles. The predicted octanol–water partition coefficient (Wildman–Crippen LogP) is 2.89. The third kappa shape index (κ3) is 4.07. The van der Waals surface area contributed by atoms with Gasteiger partial charge in [-0.15, -0.1) is 0 Å². The molecule has 1 saturated heterocycles. The Balaban J connectivity index is 1.82. The highest BCUT2D eigenvalue weighted by Crippen LogP contribution is 2.23. The summed E-state index contributed by atoms with van der Waals surface area (Å²) in [4.78, 5) is 14.3. The predicted molar refractivity (Wildman–Crippen MR) is 80.5 cm³/mol. The SMILES string of the molecule is CC[C@H]1C[C@@H](C(=O)N(C)CCc2ccccc2)CCO1. The van der Waals surface area contributed by atoms with Crippen molar-refractivity contribution in [3.63, 3.8) is 0 Å². The van der Waals surface area contributed by atoms with E-state index >= 15 is 0 Å². The maximum Gasteiger partial charge on any atom is 0.225 e. The number of benzene rings is 1. The average molecular weight is 275 g/mol. The second-order valence-electron chi connectivity index (χ2n) is 5.62. The normalized spacial score (nSPS) is 22.5. The van der Waals surface area contributed by atoms with Crippen LogP contribution in [-0.2, 0) is 16.0 Å². The van der Waals surface area contributed by atoms with E-state index in [1.165, 1.54) is 5.56 Å². The Kier molecular flexibility index (Phi) is 5.60. The maximum atomic E-state index is 12.5. The molecule has 0 spiro atoms. The first kappa shape index (κ1) is 15.0. The van der Waals surface area contributed by atoms with Crippen LogP contribution in [0.1, 0.15) is 31.7 Å². The van der Waals surface area contributed by atoms with Crippen LogP contribution in [0.5, 0.6) is 0 Å². The van der Waals surface area contributed by atoms with Crippen molar-refractivity contribution in [2.24, 2.45) is 5.92 Å². The van der Waals surface area contributed by atoms with Gasteiger partial charge in [-0.05, 0) is 31.2 Å². The van der Waals surface area contributed by atoms with Gasteiger partial charge in [0.05, 0.1) is 6.10 Å². The van der Waals surface area contributed by atoms with Crippen molar-refractivity contribution >= 4 is 5.91 Å². The van der Waals surface area contributed by atoms with Crippen LogP contribution in [0.2, 0.25) is 0 Å². The number of hydrogen-bond donors (Lipinski definition) is 0. The molecule has 0 radical (unpaired) electrons. The summed E-state index contributed by atoms with van der Waals surface area (Å²) in [6.07, 6.45) is 3.93. The number of carbonyl (C=O) groups is 1. The molecule has 3 heteroatoms. The van der Waals surface area contributed by atoms with Crippen LogP contribution in [0.15, 0.2) is 30.3 Å². The number of likely N-dealkylation sites (N-methyl/N-ethyl adjacent to an activating group) is 1. The Labute approximate surface area is 121 Å². The van der Waals surface area contributed by atoms with Gasteiger partial charge in [0.15, 0.2) is 0 Å². The minimum absolute atomic E-state index is 0.148. The van der Waals surface area contributed by atoms with Crippen LogP contribution < -0.4 is 0 Å². The van der Waals surface area contributed by atoms with Gasteiger partial charge in [-0.2, -0.15) is 0 Å². The number of nitrogens with zero attached hydrogens (tertiary/aromatic N) is 1. The highest BCUT2D eigenvalue weighted by Gasteiger charge is 2.28. The molecule has 1 aromatic carbocycles. The maximum absolute atomic E-state index is 12.5. The summed E-state index contributed by atoms with van der Waals surface area (Å²) < 4.78 is 5.65. The summed E-state index contributed by atoms with van der Waals surface area (Å²) in [6, 6.07) is 10.3. The monoisotopic (exact) mass is 275 g/mol. The molecule has 110 valence electrons. The molecule has 1 heterocycles. The summed E-state index contributed by atoms with van der Waals surface area (Å²) in [5.74, 6) is 0.428. The first-order chi connectivity index (χ1) is 9.70. The zero-order valence-electron chi connectivity index (χ0n) is 12.5. The molecule has 2 atom stereocenters. The van der Waals surface area contributed by atoms with Crippen molar-refractivity contribution < 1.29 is 9.53 Å². The molecular formula is C17H25NO2. The highest BCUT2D eigenvalue weighted by atomic mass is 16.5. The molecule has 3 nitrogen and oxygen atoms in total. The number of carbonyl (C=O) groups excluding carboxylic acids is 1. The molecule has 1 fully saturated rings. The Morgan fingerprint density at radius 2 is 2.10 bits per heavy atom. The van der Waals surface area contributed by atoms with Crippen molar-refractivity contribution in [3.8, 4) is 0 Å². The molecule has 1 aromatic rings. The van der Waals surface area contributed by atoms with Gasteiger partial charge in [0.25, 0.3) is 0 Å². The lowest BCUT2D eigenvalue weighted by Crippen LogP contribution is -2.39. The Morgan fingerprint density at radius 1 is 1.35 bits per heavy atom. The molecular weight excluding hydrogens is 250 g/mol. The zero-order chi connectivity index (χ0) is 14.4. The van der Waals surface area contributed by atoms with Gasteiger partial charge < -0.3 is 9.64 Å². The lowest BCUT2D eigenvalue weighted by molar-refractivity contribution is -0.139. The van der Waals surface area contributed by atoms with Crippen LogP contribution in [0.3, 0.4) is 0 Å². The first-order valence-electron chi connectivity index (χ1n) is 7.61. The minimum atomic E-state index is 0.148. The third-order valence-corrected chi connectivity index (χ3v) is 4.13. The summed E-state index contributed by atoms with van der Waals surface area (Å²) in [6.45, 7) is 3.63. The van der Waals surface area contributed by atoms with Crippen molar-refractivity contribution in [2.45, 2.75) is 38.7 Å². The van der Waals surface area contributed by atoms with Gasteiger partial charge in [-0.1, -0.05) is 37.3 Å². The third-order valence-electron chi connectivity index (χ3n) is 4.13. The van der Waals surface area contributed by atoms with Crippen LogP contribution in [0.4, 0.5) is 0 Å². The number of hydrogen-bond acceptors (Lipinski definition) is 2. The topological polar surface area (TPSA) is 29.5 Å². The van der Waals surface area contributed by atoms with Crippen molar-refractivity contribution in [1.29, 1.82) is 0 Å². The van der Waals surface area contributed by atoms with E-state index in [2.05, 4.69) is 19.1 Å². The summed E-state index contributed by atoms with van der Waals surface area (Å²) in [5.41, 5.74) is 1.28. The largest absolute Gasteiger partial charge is 0.378 e. The number of rotatable bonds is 5. The van der Waals surface area contributed by atoms with Crippen LogP contribution >= 0.6 is 0 Å². The van der Waals surface area contributed by atoms with Crippen LogP contribution in [-0.4, -0.2) is 37.1 Å². The number of ether oxygens (including phenoxy) is 1. The summed E-state index contributed by atoms with van der Waals surface area (Å²) in [7, 11) is 1.92. The molecule has 0 bridgehead atoms. The van der Waals surface area contributed by atoms with Gasteiger partial charge in [-0.3, -0.25) is 4.79 Å². The number of amides is 1. The molecule has 0 N–H and O–H groups in total. The fourth-order valence-electron chi connectivity index (χ4n) is 2.75. The van der Waals surface area contributed by atoms with E-state index in [-0.39, 0.29) is 17.9 Å². The molecule has 0 aromatic heterocycles. The molecule has 0 saturated carbocycles. The van der Waals surface area contributed by atoms with E-state index in [1.54, 1.807) is 0 Å². The Hall–Kier alpha value is -1.35. The molecule has 1 amide bonds. The van der Waals surface area contributed by atoms with Crippen LogP contribution in [0, 0.1) is 5.92 Å². The fourth-order valence-corrected chi connectivity index (χ4v) is 2.75. The van der Waals surface area contributed by atoms with E-state index < -0.39 is 0 Å². The van der Waals surface area contributed by atoms with E-state index in [4.69, 9.17) is 4.74 Å². The van der Waals surface area contributed by atoms with E-state index in [0.717, 1.165) is 38.8 Å². The van der Waals surface area contributed by atoms with E-state index in [1.807, 2.05) is 30.1 Å². The van der Waals surface area contributed by atoms with Crippen molar-refractivity contribution in [2.75, 3.05) is 20.2 Å². The quantitative estimate of drug-likeness (QED) is 0.827. The molecule has 0 aliphatic carbocycles. The van der Waals surface area contributed by atoms with E-state index in [0.29, 0.717) is 0 Å². The van der Waals surface area contributed by atoms with Crippen molar-refractivity contribution in [3.05, 3.63) is 35.9 Å². The van der Waals surface area contributed by atoms with Gasteiger partial charge in [0.1, 0.15) is 0 Å². The standard InChI is InChI=1S/C17H25NO2/c1-3-16-13-15(10-12-20-16)17(19)18(2)11-9-14-7-5-4-6-8-14/h4-8,15-16H,3,9-13H2,1-2H3/t15-,16-/m0/s1.